The van der Waals surface area contributed by atoms with Crippen LogP contribution in [0.25, 0.3) is 10.9 Å². The van der Waals surface area contributed by atoms with Gasteiger partial charge in [-0.15, -0.1) is 0 Å². The van der Waals surface area contributed by atoms with Crippen LogP contribution in [0.1, 0.15) is 15.4 Å². The number of halogens is 6. The number of nitrogens with zero attached hydrogens (tertiary/aromatic N) is 1. The summed E-state index contributed by atoms with van der Waals surface area (Å²) < 4.78 is 73.0. The van der Waals surface area contributed by atoms with Gasteiger partial charge in [0.2, 0.25) is 0 Å². The van der Waals surface area contributed by atoms with E-state index in [1.165, 1.54) is 11.7 Å². The summed E-state index contributed by atoms with van der Waals surface area (Å²) in [5.41, 5.74) is 0.927. The van der Waals surface area contributed by atoms with Crippen LogP contribution >= 0.6 is 22.9 Å². The molecule has 1 aromatic carbocycles. The second-order valence-electron chi connectivity index (χ2n) is 5.68. The van der Waals surface area contributed by atoms with Crippen LogP contribution < -0.4 is 9.47 Å². The Kier molecular flexibility index (Phi) is 5.05. The van der Waals surface area contributed by atoms with Crippen LogP contribution in [0.15, 0.2) is 30.3 Å². The largest absolute Gasteiger partial charge is 0.499 e. The molecule has 0 aliphatic heterocycles. The lowest BCUT2D eigenvalue weighted by Gasteiger charge is -2.18. The molecule has 0 amide bonds. The second kappa shape index (κ2) is 6.93. The minimum Gasteiger partial charge on any atom is -0.495 e. The van der Waals surface area contributed by atoms with Gasteiger partial charge in [-0.3, -0.25) is 9.36 Å². The SMILES string of the molecule is COc1ccc2c(cc(C)n2C(=O)c2ccc(OC(F)(F)C(F)(F)F)s2)c1Cl. The molecule has 0 radical (unpaired) electrons. The highest BCUT2D eigenvalue weighted by molar-refractivity contribution is 7.15. The van der Waals surface area contributed by atoms with Crippen molar-refractivity contribution >= 4 is 39.7 Å². The molecule has 0 bridgehead atoms. The lowest BCUT2D eigenvalue weighted by Crippen LogP contribution is -2.41. The highest BCUT2D eigenvalue weighted by Gasteiger charge is 2.61. The number of rotatable bonds is 4. The summed E-state index contributed by atoms with van der Waals surface area (Å²) in [4.78, 5) is 12.7. The second-order valence-corrected chi connectivity index (χ2v) is 7.10. The fraction of sp³-hybridized carbons (Fsp3) is 0.235. The zero-order valence-electron chi connectivity index (χ0n) is 14.2. The summed E-state index contributed by atoms with van der Waals surface area (Å²) in [6.45, 7) is 1.63. The summed E-state index contributed by atoms with van der Waals surface area (Å²) in [6, 6.07) is 6.79. The maximum absolute atomic E-state index is 13.0. The number of aromatic nitrogens is 1. The van der Waals surface area contributed by atoms with E-state index >= 15 is 0 Å². The molecule has 2 aromatic heterocycles. The molecule has 11 heteroatoms. The predicted octanol–water partition coefficient (Wildman–Crippen LogP) is 5.90. The van der Waals surface area contributed by atoms with Gasteiger partial charge in [-0.25, -0.2) is 0 Å². The van der Waals surface area contributed by atoms with Crippen LogP contribution in [0.4, 0.5) is 22.0 Å². The fourth-order valence-corrected chi connectivity index (χ4v) is 3.68. The van der Waals surface area contributed by atoms with Crippen LogP contribution in [0.5, 0.6) is 10.8 Å². The number of alkyl halides is 5. The number of ether oxygens (including phenoxy) is 2. The highest BCUT2D eigenvalue weighted by Crippen LogP contribution is 2.40. The number of benzene rings is 1. The van der Waals surface area contributed by atoms with Crippen LogP contribution in [-0.2, 0) is 0 Å². The quantitative estimate of drug-likeness (QED) is 0.475. The lowest BCUT2D eigenvalue weighted by molar-refractivity contribution is -0.359. The van der Waals surface area contributed by atoms with E-state index in [2.05, 4.69) is 4.74 Å². The lowest BCUT2D eigenvalue weighted by atomic mass is 10.2. The monoisotopic (exact) mass is 439 g/mol. The first kappa shape index (κ1) is 20.4. The number of carbonyl (C=O) groups is 1. The number of carbonyl (C=O) groups excluding carboxylic acids is 1. The van der Waals surface area contributed by atoms with Crippen LogP contribution in [0.2, 0.25) is 5.02 Å². The molecule has 0 saturated heterocycles. The minimum atomic E-state index is -5.87. The van der Waals surface area contributed by atoms with Gasteiger partial charge < -0.3 is 9.47 Å². The number of hydrogen-bond acceptors (Lipinski definition) is 4. The Hall–Kier alpha value is -2.33. The molecule has 0 fully saturated rings. The summed E-state index contributed by atoms with van der Waals surface area (Å²) in [7, 11) is 1.44. The summed E-state index contributed by atoms with van der Waals surface area (Å²) in [5, 5.41) is 0.0812. The van der Waals surface area contributed by atoms with Gasteiger partial charge >= 0.3 is 12.3 Å². The molecule has 0 aliphatic rings. The summed E-state index contributed by atoms with van der Waals surface area (Å²) >= 11 is 6.62. The predicted molar refractivity (Wildman–Crippen MR) is 93.9 cm³/mol. The molecule has 4 nitrogen and oxygen atoms in total. The summed E-state index contributed by atoms with van der Waals surface area (Å²) in [5.74, 6) is -0.219. The molecule has 0 saturated carbocycles. The van der Waals surface area contributed by atoms with Crippen LogP contribution in [0, 0.1) is 6.92 Å². The number of thiophene rings is 1. The van der Waals surface area contributed by atoms with E-state index in [1.54, 1.807) is 25.1 Å². The van der Waals surface area contributed by atoms with E-state index in [0.717, 1.165) is 12.1 Å². The molecule has 0 spiro atoms. The van der Waals surface area contributed by atoms with Gasteiger partial charge in [-0.1, -0.05) is 22.9 Å². The normalized spacial score (nSPS) is 12.4. The highest BCUT2D eigenvalue weighted by atomic mass is 35.5. The Balaban J connectivity index is 1.97. The van der Waals surface area contributed by atoms with Crippen molar-refractivity contribution in [2.75, 3.05) is 7.11 Å². The maximum atomic E-state index is 13.0. The minimum absolute atomic E-state index is 0.0829. The van der Waals surface area contributed by atoms with Crippen molar-refractivity contribution in [2.24, 2.45) is 0 Å². The van der Waals surface area contributed by atoms with Crippen molar-refractivity contribution in [2.45, 2.75) is 19.2 Å². The third-order valence-corrected chi connectivity index (χ3v) is 5.18. The van der Waals surface area contributed by atoms with Gasteiger partial charge in [-0.05, 0) is 37.3 Å². The van der Waals surface area contributed by atoms with Crippen molar-refractivity contribution in [3.63, 3.8) is 0 Å². The molecule has 28 heavy (non-hydrogen) atoms. The van der Waals surface area contributed by atoms with Crippen LogP contribution in [-0.4, -0.2) is 29.9 Å². The first-order valence-corrected chi connectivity index (χ1v) is 8.78. The van der Waals surface area contributed by atoms with E-state index in [-0.39, 0.29) is 9.90 Å². The molecule has 2 heterocycles. The number of aryl methyl sites for hydroxylation is 1. The Labute approximate surface area is 164 Å². The van der Waals surface area contributed by atoms with Crippen molar-refractivity contribution in [1.82, 2.24) is 4.57 Å². The maximum Gasteiger partial charge on any atom is 0.499 e. The van der Waals surface area contributed by atoms with Gasteiger partial charge in [0.05, 0.1) is 22.5 Å². The third-order valence-electron chi connectivity index (χ3n) is 3.84. The van der Waals surface area contributed by atoms with Gasteiger partial charge in [0, 0.05) is 11.1 Å². The first-order chi connectivity index (χ1) is 13.0. The zero-order chi connectivity index (χ0) is 20.9. The molecule has 150 valence electrons. The number of hydrogen-bond donors (Lipinski definition) is 0. The molecular weight excluding hydrogens is 429 g/mol. The average Bonchev–Trinajstić information content (AvgIpc) is 3.17. The van der Waals surface area contributed by atoms with E-state index in [0.29, 0.717) is 33.7 Å². The third kappa shape index (κ3) is 3.42. The van der Waals surface area contributed by atoms with Crippen molar-refractivity contribution < 1.29 is 36.2 Å². The molecule has 0 atom stereocenters. The van der Waals surface area contributed by atoms with E-state index < -0.39 is 23.3 Å². The van der Waals surface area contributed by atoms with Crippen molar-refractivity contribution in [1.29, 1.82) is 0 Å². The van der Waals surface area contributed by atoms with Gasteiger partial charge in [0.15, 0.2) is 5.06 Å². The Morgan fingerprint density at radius 1 is 1.14 bits per heavy atom. The number of methoxy groups -OCH3 is 1. The molecule has 0 aliphatic carbocycles. The molecule has 0 N–H and O–H groups in total. The zero-order valence-corrected chi connectivity index (χ0v) is 15.8. The van der Waals surface area contributed by atoms with Gasteiger partial charge in [-0.2, -0.15) is 22.0 Å². The topological polar surface area (TPSA) is 40.5 Å². The molecule has 3 rings (SSSR count). The van der Waals surface area contributed by atoms with E-state index in [4.69, 9.17) is 16.3 Å². The summed E-state index contributed by atoms with van der Waals surface area (Å²) in [6.07, 6.45) is -11.2. The van der Waals surface area contributed by atoms with E-state index in [1.807, 2.05) is 0 Å². The number of fused-ring (bicyclic) bond motifs is 1. The smallest absolute Gasteiger partial charge is 0.495 e. The molecule has 0 unspecified atom stereocenters. The van der Waals surface area contributed by atoms with Gasteiger partial charge in [0.25, 0.3) is 5.91 Å². The fourth-order valence-electron chi connectivity index (χ4n) is 2.57. The molecule has 3 aromatic rings. The van der Waals surface area contributed by atoms with Crippen LogP contribution in [0.3, 0.4) is 0 Å². The molecular formula is C17H11ClF5NO3S. The Morgan fingerprint density at radius 3 is 2.43 bits per heavy atom. The first-order valence-electron chi connectivity index (χ1n) is 7.59. The standard InChI is InChI=1S/C17H11ClF5NO3S/c1-8-7-9-10(3-4-11(26-2)14(9)18)24(8)15(25)12-5-6-13(28-12)27-17(22,23)16(19,20)21/h3-7H,1-2H3. The van der Waals surface area contributed by atoms with Crippen molar-refractivity contribution in [3.8, 4) is 10.8 Å². The van der Waals surface area contributed by atoms with Crippen molar-refractivity contribution in [3.05, 3.63) is 45.9 Å². The Morgan fingerprint density at radius 2 is 1.82 bits per heavy atom. The van der Waals surface area contributed by atoms with E-state index in [9.17, 15) is 26.7 Å². The average molecular weight is 440 g/mol. The Bertz CT molecular complexity index is 1060. The van der Waals surface area contributed by atoms with Gasteiger partial charge in [0.1, 0.15) is 5.75 Å².